The summed E-state index contributed by atoms with van der Waals surface area (Å²) in [5.74, 6) is -0.00815. The van der Waals surface area contributed by atoms with E-state index in [1.54, 1.807) is 23.1 Å². The van der Waals surface area contributed by atoms with Crippen molar-refractivity contribution in [2.45, 2.75) is 6.42 Å². The van der Waals surface area contributed by atoms with Crippen molar-refractivity contribution in [1.29, 1.82) is 0 Å². The summed E-state index contributed by atoms with van der Waals surface area (Å²) >= 11 is 12.3. The van der Waals surface area contributed by atoms with Crippen molar-refractivity contribution in [3.05, 3.63) is 58.1 Å². The van der Waals surface area contributed by atoms with Crippen molar-refractivity contribution in [3.8, 4) is 0 Å². The average molecular weight is 284 g/mol. The molecule has 1 heterocycles. The number of fused-ring (bicyclic) bond motifs is 1. The van der Waals surface area contributed by atoms with Crippen LogP contribution in [0.25, 0.3) is 0 Å². The Labute approximate surface area is 115 Å². The van der Waals surface area contributed by atoms with Gasteiger partial charge in [0, 0.05) is 0 Å². The Morgan fingerprint density at radius 1 is 0.944 bits per heavy atom. The number of para-hydroxylation sites is 2. The van der Waals surface area contributed by atoms with E-state index in [1.165, 1.54) is 0 Å². The molecule has 4 heteroatoms. The molecule has 0 aromatic heterocycles. The van der Waals surface area contributed by atoms with E-state index < -0.39 is 0 Å². The molecule has 0 bridgehead atoms. The van der Waals surface area contributed by atoms with Crippen LogP contribution in [-0.2, 0) is 11.2 Å². The fourth-order valence-corrected chi connectivity index (χ4v) is 2.77. The van der Waals surface area contributed by atoms with Crippen molar-refractivity contribution in [2.24, 2.45) is 0 Å². The van der Waals surface area contributed by atoms with E-state index in [-0.39, 0.29) is 5.91 Å². The van der Waals surface area contributed by atoms with Gasteiger partial charge in [-0.1, -0.05) is 47.5 Å². The highest BCUT2D eigenvalue weighted by atomic mass is 35.5. The summed E-state index contributed by atoms with van der Waals surface area (Å²) in [7, 11) is 0. The van der Waals surface area contributed by atoms with Crippen molar-refractivity contribution < 1.29 is 4.79 Å². The highest BCUT2D eigenvalue weighted by molar-refractivity contribution is 6.40. The molecular weight excluding hydrogens is 275 g/mol. The quantitative estimate of drug-likeness (QED) is 0.768. The minimum Gasteiger partial charge on any atom is -0.277 e. The number of carbonyl (C=O) groups is 1. The first kappa shape index (κ1) is 11.6. The van der Waals surface area contributed by atoms with Gasteiger partial charge in [-0.25, -0.2) is 0 Å². The van der Waals surface area contributed by atoms with Crippen molar-refractivity contribution in [2.75, 3.05) is 4.90 Å². The van der Waals surface area contributed by atoms with E-state index in [0.29, 0.717) is 22.2 Å². The molecule has 1 aliphatic heterocycles. The zero-order valence-electron chi connectivity index (χ0n) is 9.36. The summed E-state index contributed by atoms with van der Waals surface area (Å²) in [5, 5.41) is 0.958. The highest BCUT2D eigenvalue weighted by Gasteiger charge is 2.30. The van der Waals surface area contributed by atoms with Gasteiger partial charge < -0.3 is 0 Å². The lowest BCUT2D eigenvalue weighted by molar-refractivity contribution is -0.116. The van der Waals surface area contributed by atoms with Gasteiger partial charge in [0.25, 0.3) is 0 Å². The van der Waals surface area contributed by atoms with E-state index >= 15 is 0 Å². The molecule has 90 valence electrons. The topological polar surface area (TPSA) is 20.3 Å². The molecule has 0 aliphatic carbocycles. The second-order valence-corrected chi connectivity index (χ2v) is 4.92. The van der Waals surface area contributed by atoms with Gasteiger partial charge in [-0.3, -0.25) is 9.69 Å². The number of rotatable bonds is 1. The van der Waals surface area contributed by atoms with E-state index in [4.69, 9.17) is 23.2 Å². The maximum atomic E-state index is 12.1. The number of amides is 1. The Morgan fingerprint density at radius 3 is 2.33 bits per heavy atom. The molecule has 0 saturated heterocycles. The summed E-state index contributed by atoms with van der Waals surface area (Å²) in [5.41, 5.74) is 2.42. The van der Waals surface area contributed by atoms with E-state index in [0.717, 1.165) is 11.3 Å². The fourth-order valence-electron chi connectivity index (χ4n) is 2.20. The highest BCUT2D eigenvalue weighted by Crippen LogP contribution is 2.42. The van der Waals surface area contributed by atoms with Crippen LogP contribution in [0.4, 0.5) is 11.4 Å². The van der Waals surface area contributed by atoms with Crippen LogP contribution in [0, 0.1) is 0 Å². The molecule has 0 fully saturated rings. The Kier molecular flexibility index (Phi) is 2.77. The van der Waals surface area contributed by atoms with Crippen LogP contribution < -0.4 is 4.90 Å². The zero-order valence-corrected chi connectivity index (χ0v) is 10.9. The first-order chi connectivity index (χ1) is 8.68. The van der Waals surface area contributed by atoms with Crippen molar-refractivity contribution in [3.63, 3.8) is 0 Å². The molecule has 3 rings (SSSR count). The van der Waals surface area contributed by atoms with E-state index in [1.807, 2.05) is 24.3 Å². The SMILES string of the molecule is O=C1C[13c]2[13cH][13cH][13cH][13cH][13c]2N1c1c(Cl)cccc1Cl. The van der Waals surface area contributed by atoms with Gasteiger partial charge in [-0.2, -0.15) is 0 Å². The lowest BCUT2D eigenvalue weighted by Crippen LogP contribution is -2.21. The lowest BCUT2D eigenvalue weighted by Gasteiger charge is -2.20. The molecule has 0 spiro atoms. The molecule has 0 atom stereocenters. The van der Waals surface area contributed by atoms with Gasteiger partial charge in [0.2, 0.25) is 5.91 Å². The summed E-state index contributed by atoms with van der Waals surface area (Å²) in [6.45, 7) is 0. The number of carbonyl (C=O) groups excluding carboxylic acids is 1. The van der Waals surface area contributed by atoms with Crippen LogP contribution in [0.5, 0.6) is 0 Å². The Bertz CT molecular complexity index is 619. The number of hydrogen-bond acceptors (Lipinski definition) is 1. The molecule has 0 N–H and O–H groups in total. The summed E-state index contributed by atoms with van der Waals surface area (Å²) in [6, 6.07) is 12.9. The molecule has 0 unspecified atom stereocenters. The molecular formula is C14H9Cl2NO. The molecule has 0 radical (unpaired) electrons. The molecule has 1 aliphatic rings. The van der Waals surface area contributed by atoms with Gasteiger partial charge in [0.05, 0.1) is 27.8 Å². The summed E-state index contributed by atoms with van der Waals surface area (Å²) < 4.78 is 0. The number of benzene rings is 2. The van der Waals surface area contributed by atoms with Gasteiger partial charge in [-0.05, 0) is 23.8 Å². The minimum atomic E-state index is -0.00815. The van der Waals surface area contributed by atoms with Crippen LogP contribution in [0.3, 0.4) is 0 Å². The van der Waals surface area contributed by atoms with Crippen molar-refractivity contribution >= 4 is 40.5 Å². The third-order valence-electron chi connectivity index (χ3n) is 2.98. The predicted molar refractivity (Wildman–Crippen MR) is 73.8 cm³/mol. The number of halogens is 2. The van der Waals surface area contributed by atoms with Gasteiger partial charge in [0.15, 0.2) is 0 Å². The van der Waals surface area contributed by atoms with Crippen molar-refractivity contribution in [1.82, 2.24) is 0 Å². The fraction of sp³-hybridized carbons (Fsp3) is 0.0714. The van der Waals surface area contributed by atoms with Crippen LogP contribution in [0.2, 0.25) is 10.0 Å². The van der Waals surface area contributed by atoms with Crippen LogP contribution in [0.15, 0.2) is 42.5 Å². The molecule has 1 amide bonds. The Balaban J connectivity index is 2.21. The normalized spacial score (nSPS) is 13.9. The first-order valence-corrected chi connectivity index (χ1v) is 6.29. The molecule has 18 heavy (non-hydrogen) atoms. The molecule has 2 aromatic rings. The smallest absolute Gasteiger partial charge is 0.236 e. The monoisotopic (exact) mass is 283 g/mol. The maximum Gasteiger partial charge on any atom is 0.236 e. The molecule has 0 saturated carbocycles. The second-order valence-electron chi connectivity index (χ2n) is 4.10. The summed E-state index contributed by atoms with van der Waals surface area (Å²) in [4.78, 5) is 13.7. The molecule has 2 aromatic carbocycles. The van der Waals surface area contributed by atoms with Crippen LogP contribution in [0.1, 0.15) is 5.56 Å². The standard InChI is InChI=1S/C14H9Cl2NO/c15-10-5-3-6-11(16)14(10)17-12-7-2-1-4-9(12)8-13(17)18/h1-7H,8H2/i1+1,2+1,4+1,7+1,9+1,12+1. The van der Waals surface area contributed by atoms with Crippen LogP contribution in [-0.4, -0.2) is 5.91 Å². The first-order valence-electron chi connectivity index (χ1n) is 5.53. The van der Waals surface area contributed by atoms with Gasteiger partial charge >= 0.3 is 0 Å². The second kappa shape index (κ2) is 4.30. The predicted octanol–water partition coefficient (Wildman–Crippen LogP) is 4.21. The lowest BCUT2D eigenvalue weighted by atomic mass is 10.3. The summed E-state index contributed by atoms with van der Waals surface area (Å²) in [6.07, 6.45) is 0.387. The van der Waals surface area contributed by atoms with Crippen LogP contribution >= 0.6 is 23.2 Å². The van der Waals surface area contributed by atoms with Gasteiger partial charge in [-0.15, -0.1) is 0 Å². The third-order valence-corrected chi connectivity index (χ3v) is 3.59. The average Bonchev–Trinajstić information content (AvgIpc) is 2.66. The number of hydrogen-bond donors (Lipinski definition) is 0. The Morgan fingerprint density at radius 2 is 1.61 bits per heavy atom. The third kappa shape index (κ3) is 1.69. The number of anilines is 2. The maximum absolute atomic E-state index is 12.1. The van der Waals surface area contributed by atoms with E-state index in [2.05, 4.69) is 0 Å². The number of nitrogens with zero attached hydrogens (tertiary/aromatic N) is 1. The van der Waals surface area contributed by atoms with Gasteiger partial charge in [0.1, 0.15) is 0 Å². The molecule has 2 nitrogen and oxygen atoms in total. The zero-order chi connectivity index (χ0) is 12.7. The largest absolute Gasteiger partial charge is 0.277 e. The van der Waals surface area contributed by atoms with E-state index in [9.17, 15) is 4.79 Å². The Hall–Kier alpha value is -1.51. The minimum absolute atomic E-state index is 0.00815.